The second-order valence-corrected chi connectivity index (χ2v) is 5.16. The summed E-state index contributed by atoms with van der Waals surface area (Å²) in [5.74, 6) is 0.424. The normalized spacial score (nSPS) is 18.6. The van der Waals surface area contributed by atoms with E-state index in [9.17, 15) is 9.59 Å². The van der Waals surface area contributed by atoms with E-state index in [0.29, 0.717) is 18.6 Å². The molecule has 0 bridgehead atoms. The molecule has 0 radical (unpaired) electrons. The summed E-state index contributed by atoms with van der Waals surface area (Å²) in [6.07, 6.45) is 1.09. The number of anilines is 1. The fourth-order valence-electron chi connectivity index (χ4n) is 1.95. The first-order valence-corrected chi connectivity index (χ1v) is 6.63. The lowest BCUT2D eigenvalue weighted by atomic mass is 10.0. The number of hydrazone groups is 1. The quantitative estimate of drug-likeness (QED) is 0.801. The Morgan fingerprint density at radius 3 is 2.83 bits per heavy atom. The maximum Gasteiger partial charge on any atom is 0.240 e. The highest BCUT2D eigenvalue weighted by atomic mass is 32.2. The van der Waals surface area contributed by atoms with Crippen LogP contribution in [0.3, 0.4) is 0 Å². The van der Waals surface area contributed by atoms with E-state index in [2.05, 4.69) is 15.8 Å². The standard InChI is InChI=1S/C12H11N3O2S/c16-11-4-2-8(14-15-11)7-1-3-10-9(5-7)13-12(17)6-18-10/h1,3,5H,2,4,6H2,(H,13,17)(H,15,16). The van der Waals surface area contributed by atoms with E-state index in [1.54, 1.807) is 0 Å². The number of nitrogens with zero attached hydrogens (tertiary/aromatic N) is 1. The summed E-state index contributed by atoms with van der Waals surface area (Å²) >= 11 is 1.53. The minimum Gasteiger partial charge on any atom is -0.324 e. The highest BCUT2D eigenvalue weighted by molar-refractivity contribution is 8.00. The molecule has 2 amide bonds. The zero-order chi connectivity index (χ0) is 12.5. The highest BCUT2D eigenvalue weighted by Crippen LogP contribution is 2.32. The molecule has 6 heteroatoms. The fraction of sp³-hybridized carbons (Fsp3) is 0.250. The second kappa shape index (κ2) is 4.45. The van der Waals surface area contributed by atoms with Crippen LogP contribution in [-0.4, -0.2) is 23.3 Å². The Hall–Kier alpha value is -1.82. The van der Waals surface area contributed by atoms with E-state index in [0.717, 1.165) is 21.9 Å². The van der Waals surface area contributed by atoms with E-state index in [1.807, 2.05) is 18.2 Å². The SMILES string of the molecule is O=C1CCC(c2ccc3c(c2)NC(=O)CS3)=NN1. The van der Waals surface area contributed by atoms with Crippen molar-refractivity contribution in [2.24, 2.45) is 5.10 Å². The molecule has 0 aromatic heterocycles. The van der Waals surface area contributed by atoms with E-state index in [1.165, 1.54) is 11.8 Å². The second-order valence-electron chi connectivity index (χ2n) is 4.14. The molecule has 0 spiro atoms. The van der Waals surface area contributed by atoms with E-state index in [4.69, 9.17) is 0 Å². The predicted octanol–water partition coefficient (Wildman–Crippen LogP) is 1.34. The van der Waals surface area contributed by atoms with Crippen molar-refractivity contribution in [1.29, 1.82) is 0 Å². The monoisotopic (exact) mass is 261 g/mol. The molecule has 0 unspecified atom stereocenters. The van der Waals surface area contributed by atoms with Crippen LogP contribution in [-0.2, 0) is 9.59 Å². The molecule has 0 fully saturated rings. The van der Waals surface area contributed by atoms with Gasteiger partial charge in [-0.15, -0.1) is 11.8 Å². The zero-order valence-corrected chi connectivity index (χ0v) is 10.3. The van der Waals surface area contributed by atoms with Gasteiger partial charge in [-0.1, -0.05) is 6.07 Å². The van der Waals surface area contributed by atoms with Crippen molar-refractivity contribution in [3.63, 3.8) is 0 Å². The van der Waals surface area contributed by atoms with Gasteiger partial charge in [-0.05, 0) is 17.7 Å². The van der Waals surface area contributed by atoms with Gasteiger partial charge in [-0.25, -0.2) is 5.43 Å². The Morgan fingerprint density at radius 2 is 2.06 bits per heavy atom. The minimum atomic E-state index is -0.0550. The molecule has 2 aliphatic heterocycles. The molecular weight excluding hydrogens is 250 g/mol. The number of amides is 2. The Labute approximate surface area is 108 Å². The first kappa shape index (κ1) is 11.3. The van der Waals surface area contributed by atoms with E-state index < -0.39 is 0 Å². The van der Waals surface area contributed by atoms with Crippen molar-refractivity contribution < 1.29 is 9.59 Å². The third-order valence-corrected chi connectivity index (χ3v) is 3.92. The number of carbonyl (C=O) groups is 2. The first-order valence-electron chi connectivity index (χ1n) is 5.65. The summed E-state index contributed by atoms with van der Waals surface area (Å²) < 4.78 is 0. The van der Waals surface area contributed by atoms with Crippen LogP contribution < -0.4 is 10.7 Å². The Bertz CT molecular complexity index is 568. The van der Waals surface area contributed by atoms with Gasteiger partial charge >= 0.3 is 0 Å². The van der Waals surface area contributed by atoms with E-state index >= 15 is 0 Å². The zero-order valence-electron chi connectivity index (χ0n) is 9.53. The maximum absolute atomic E-state index is 11.3. The summed E-state index contributed by atoms with van der Waals surface area (Å²) in [7, 11) is 0. The number of rotatable bonds is 1. The molecule has 1 aromatic carbocycles. The van der Waals surface area contributed by atoms with E-state index in [-0.39, 0.29) is 11.8 Å². The van der Waals surface area contributed by atoms with Crippen molar-refractivity contribution in [3.05, 3.63) is 23.8 Å². The molecule has 3 rings (SSSR count). The molecule has 2 heterocycles. The highest BCUT2D eigenvalue weighted by Gasteiger charge is 2.18. The average Bonchev–Trinajstić information content (AvgIpc) is 2.38. The number of hydrogen-bond donors (Lipinski definition) is 2. The van der Waals surface area contributed by atoms with Gasteiger partial charge in [0.05, 0.1) is 17.2 Å². The molecule has 92 valence electrons. The Kier molecular flexibility index (Phi) is 2.79. The van der Waals surface area contributed by atoms with Crippen LogP contribution in [0.4, 0.5) is 5.69 Å². The summed E-state index contributed by atoms with van der Waals surface area (Å²) in [4.78, 5) is 23.4. The Morgan fingerprint density at radius 1 is 1.17 bits per heavy atom. The van der Waals surface area contributed by atoms with Crippen LogP contribution in [0.2, 0.25) is 0 Å². The topological polar surface area (TPSA) is 70.6 Å². The Balaban J connectivity index is 1.92. The molecule has 1 aromatic rings. The molecule has 0 saturated carbocycles. The molecule has 0 saturated heterocycles. The predicted molar refractivity (Wildman–Crippen MR) is 69.7 cm³/mol. The molecular formula is C12H11N3O2S. The van der Waals surface area contributed by atoms with Gasteiger partial charge in [0.15, 0.2) is 0 Å². The number of carbonyl (C=O) groups excluding carboxylic acids is 2. The molecule has 2 aliphatic rings. The summed E-state index contributed by atoms with van der Waals surface area (Å²) in [6, 6.07) is 5.86. The lowest BCUT2D eigenvalue weighted by molar-refractivity contribution is -0.121. The number of hydrogen-bond acceptors (Lipinski definition) is 4. The van der Waals surface area contributed by atoms with Gasteiger partial charge in [-0.3, -0.25) is 9.59 Å². The molecule has 0 atom stereocenters. The van der Waals surface area contributed by atoms with Crippen LogP contribution in [0.1, 0.15) is 18.4 Å². The number of benzene rings is 1. The van der Waals surface area contributed by atoms with Crippen LogP contribution in [0, 0.1) is 0 Å². The summed E-state index contributed by atoms with van der Waals surface area (Å²) in [6.45, 7) is 0. The van der Waals surface area contributed by atoms with Crippen molar-refractivity contribution in [1.82, 2.24) is 5.43 Å². The largest absolute Gasteiger partial charge is 0.324 e. The number of thioether (sulfide) groups is 1. The van der Waals surface area contributed by atoms with Crippen molar-refractivity contribution in [3.8, 4) is 0 Å². The minimum absolute atomic E-state index is 0.0172. The smallest absolute Gasteiger partial charge is 0.240 e. The van der Waals surface area contributed by atoms with Crippen LogP contribution >= 0.6 is 11.8 Å². The molecule has 2 N–H and O–H groups in total. The summed E-state index contributed by atoms with van der Waals surface area (Å²) in [5.41, 5.74) is 5.09. The molecule has 18 heavy (non-hydrogen) atoms. The van der Waals surface area contributed by atoms with Crippen molar-refractivity contribution >= 4 is 35.0 Å². The number of nitrogens with one attached hydrogen (secondary N) is 2. The van der Waals surface area contributed by atoms with Crippen molar-refractivity contribution in [2.45, 2.75) is 17.7 Å². The first-order chi connectivity index (χ1) is 8.72. The lowest BCUT2D eigenvalue weighted by Crippen LogP contribution is -2.26. The maximum atomic E-state index is 11.3. The third-order valence-electron chi connectivity index (χ3n) is 2.85. The van der Waals surface area contributed by atoms with Gasteiger partial charge < -0.3 is 5.32 Å². The average molecular weight is 261 g/mol. The van der Waals surface area contributed by atoms with Crippen LogP contribution in [0.25, 0.3) is 0 Å². The van der Waals surface area contributed by atoms with Crippen molar-refractivity contribution in [2.75, 3.05) is 11.1 Å². The van der Waals surface area contributed by atoms with Crippen LogP contribution in [0.15, 0.2) is 28.2 Å². The third kappa shape index (κ3) is 2.11. The van der Waals surface area contributed by atoms with Gasteiger partial charge in [0, 0.05) is 17.7 Å². The lowest BCUT2D eigenvalue weighted by Gasteiger charge is -2.18. The summed E-state index contributed by atoms with van der Waals surface area (Å²) in [5, 5.41) is 6.89. The van der Waals surface area contributed by atoms with Gasteiger partial charge in [-0.2, -0.15) is 5.10 Å². The molecule has 0 aliphatic carbocycles. The van der Waals surface area contributed by atoms with Gasteiger partial charge in [0.1, 0.15) is 0 Å². The van der Waals surface area contributed by atoms with Crippen LogP contribution in [0.5, 0.6) is 0 Å². The molecule has 5 nitrogen and oxygen atoms in total. The number of fused-ring (bicyclic) bond motifs is 1. The van der Waals surface area contributed by atoms with Gasteiger partial charge in [0.2, 0.25) is 11.8 Å². The van der Waals surface area contributed by atoms with Gasteiger partial charge in [0.25, 0.3) is 0 Å². The fourth-order valence-corrected chi connectivity index (χ4v) is 2.73.